The number of aliphatic imine (C=N–C) groups is 1. The van der Waals surface area contributed by atoms with Crippen molar-refractivity contribution in [3.05, 3.63) is 23.5 Å². The molecule has 0 aliphatic heterocycles. The van der Waals surface area contributed by atoms with E-state index in [1.807, 2.05) is 22.2 Å². The summed E-state index contributed by atoms with van der Waals surface area (Å²) in [6, 6.07) is 0.617. The number of thiazole rings is 1. The molecule has 2 aromatic rings. The van der Waals surface area contributed by atoms with Crippen molar-refractivity contribution in [2.24, 2.45) is 4.99 Å². The van der Waals surface area contributed by atoms with Crippen molar-refractivity contribution in [3.8, 4) is 0 Å². The predicted octanol–water partition coefficient (Wildman–Crippen LogP) is 1.22. The van der Waals surface area contributed by atoms with E-state index in [0.717, 1.165) is 16.6 Å². The van der Waals surface area contributed by atoms with Crippen LogP contribution in [0.4, 0.5) is 0 Å². The maximum atomic E-state index is 4.51. The van der Waals surface area contributed by atoms with E-state index in [2.05, 4.69) is 20.6 Å². The summed E-state index contributed by atoms with van der Waals surface area (Å²) in [5.41, 5.74) is 1.04. The largest absolute Gasteiger partial charge is 0.354 e. The van der Waals surface area contributed by atoms with Crippen molar-refractivity contribution in [1.29, 1.82) is 0 Å². The highest BCUT2D eigenvalue weighted by atomic mass is 32.1. The zero-order chi connectivity index (χ0) is 11.7. The van der Waals surface area contributed by atoms with Gasteiger partial charge in [0.1, 0.15) is 0 Å². The molecule has 0 aromatic carbocycles. The summed E-state index contributed by atoms with van der Waals surface area (Å²) < 4.78 is 2.04. The summed E-state index contributed by atoms with van der Waals surface area (Å²) in [4.78, 5) is 9.73. The molecule has 1 fully saturated rings. The number of nitrogens with zero attached hydrogens (tertiary/aromatic N) is 3. The molecule has 0 bridgehead atoms. The maximum absolute atomic E-state index is 4.51. The van der Waals surface area contributed by atoms with Gasteiger partial charge in [-0.2, -0.15) is 0 Å². The third-order valence-electron chi connectivity index (χ3n) is 2.72. The van der Waals surface area contributed by atoms with Crippen molar-refractivity contribution in [2.45, 2.75) is 25.4 Å². The van der Waals surface area contributed by atoms with Gasteiger partial charge < -0.3 is 10.6 Å². The van der Waals surface area contributed by atoms with Crippen molar-refractivity contribution in [2.75, 3.05) is 7.05 Å². The van der Waals surface area contributed by atoms with Crippen LogP contribution < -0.4 is 10.6 Å². The van der Waals surface area contributed by atoms with Gasteiger partial charge in [0.05, 0.1) is 12.2 Å². The summed E-state index contributed by atoms with van der Waals surface area (Å²) >= 11 is 1.65. The minimum absolute atomic E-state index is 0.617. The summed E-state index contributed by atoms with van der Waals surface area (Å²) in [6.07, 6.45) is 6.57. The lowest BCUT2D eigenvalue weighted by atomic mass is 10.5. The number of imidazole rings is 1. The molecule has 5 nitrogen and oxygen atoms in total. The molecule has 17 heavy (non-hydrogen) atoms. The molecule has 2 aromatic heterocycles. The molecule has 3 rings (SSSR count). The SMILES string of the molecule is CN=C(NCc1cn2ccsc2n1)NC1CC1. The first kappa shape index (κ1) is 10.6. The second-order valence-electron chi connectivity index (χ2n) is 4.17. The Morgan fingerprint density at radius 1 is 1.65 bits per heavy atom. The van der Waals surface area contributed by atoms with E-state index in [4.69, 9.17) is 0 Å². The van der Waals surface area contributed by atoms with Gasteiger partial charge in [-0.05, 0) is 12.8 Å². The standard InChI is InChI=1S/C11H15N5S/c1-12-10(14-8-2-3-8)13-6-9-7-16-4-5-17-11(16)15-9/h4-5,7-8H,2-3,6H2,1H3,(H2,12,13,14). The summed E-state index contributed by atoms with van der Waals surface area (Å²) in [7, 11) is 1.80. The molecule has 0 spiro atoms. The highest BCUT2D eigenvalue weighted by Gasteiger charge is 2.22. The van der Waals surface area contributed by atoms with Crippen LogP contribution in [-0.4, -0.2) is 28.4 Å². The Labute approximate surface area is 104 Å². The zero-order valence-corrected chi connectivity index (χ0v) is 10.5. The number of hydrogen-bond acceptors (Lipinski definition) is 3. The second-order valence-corrected chi connectivity index (χ2v) is 5.04. The predicted molar refractivity (Wildman–Crippen MR) is 69.4 cm³/mol. The van der Waals surface area contributed by atoms with Crippen LogP contribution in [0.3, 0.4) is 0 Å². The van der Waals surface area contributed by atoms with Crippen LogP contribution in [0.15, 0.2) is 22.8 Å². The monoisotopic (exact) mass is 249 g/mol. The average molecular weight is 249 g/mol. The van der Waals surface area contributed by atoms with E-state index in [1.165, 1.54) is 12.8 Å². The van der Waals surface area contributed by atoms with E-state index in [0.29, 0.717) is 12.6 Å². The van der Waals surface area contributed by atoms with E-state index in [1.54, 1.807) is 18.4 Å². The Bertz CT molecular complexity index is 508. The Morgan fingerprint density at radius 2 is 2.53 bits per heavy atom. The molecule has 90 valence electrons. The van der Waals surface area contributed by atoms with Crippen LogP contribution >= 0.6 is 11.3 Å². The van der Waals surface area contributed by atoms with Gasteiger partial charge in [0.25, 0.3) is 0 Å². The lowest BCUT2D eigenvalue weighted by Gasteiger charge is -2.09. The van der Waals surface area contributed by atoms with Gasteiger partial charge in [-0.1, -0.05) is 0 Å². The lowest BCUT2D eigenvalue weighted by molar-refractivity contribution is 0.795. The summed E-state index contributed by atoms with van der Waals surface area (Å²) in [5.74, 6) is 0.865. The van der Waals surface area contributed by atoms with Gasteiger partial charge >= 0.3 is 0 Å². The third-order valence-corrected chi connectivity index (χ3v) is 3.49. The van der Waals surface area contributed by atoms with Crippen molar-refractivity contribution in [1.82, 2.24) is 20.0 Å². The fourth-order valence-electron chi connectivity index (χ4n) is 1.65. The molecular weight excluding hydrogens is 234 g/mol. The van der Waals surface area contributed by atoms with Gasteiger partial charge in [0, 0.05) is 30.9 Å². The van der Waals surface area contributed by atoms with Crippen LogP contribution in [0, 0.1) is 0 Å². The first-order chi connectivity index (χ1) is 8.35. The van der Waals surface area contributed by atoms with Crippen molar-refractivity contribution < 1.29 is 0 Å². The first-order valence-corrected chi connectivity index (χ1v) is 6.61. The van der Waals surface area contributed by atoms with Gasteiger partial charge in [-0.25, -0.2) is 4.98 Å². The number of hydrogen-bond donors (Lipinski definition) is 2. The molecule has 0 unspecified atom stereocenters. The molecule has 0 saturated heterocycles. The van der Waals surface area contributed by atoms with E-state index < -0.39 is 0 Å². The molecule has 6 heteroatoms. The number of fused-ring (bicyclic) bond motifs is 1. The van der Waals surface area contributed by atoms with Crippen LogP contribution in [0.25, 0.3) is 4.96 Å². The topological polar surface area (TPSA) is 53.7 Å². The smallest absolute Gasteiger partial charge is 0.193 e. The summed E-state index contributed by atoms with van der Waals surface area (Å²) in [6.45, 7) is 0.709. The molecular formula is C11H15N5S. The van der Waals surface area contributed by atoms with Gasteiger partial charge in [-0.15, -0.1) is 11.3 Å². The normalized spacial score (nSPS) is 16.4. The van der Waals surface area contributed by atoms with Crippen molar-refractivity contribution >= 4 is 22.3 Å². The second kappa shape index (κ2) is 4.37. The Morgan fingerprint density at radius 3 is 3.24 bits per heavy atom. The van der Waals surface area contributed by atoms with E-state index in [9.17, 15) is 0 Å². The van der Waals surface area contributed by atoms with E-state index >= 15 is 0 Å². The van der Waals surface area contributed by atoms with Crippen LogP contribution in [-0.2, 0) is 6.54 Å². The Hall–Kier alpha value is -1.56. The van der Waals surface area contributed by atoms with Gasteiger partial charge in [0.2, 0.25) is 0 Å². The van der Waals surface area contributed by atoms with Crippen LogP contribution in [0.2, 0.25) is 0 Å². The molecule has 1 aliphatic rings. The minimum atomic E-state index is 0.617. The zero-order valence-electron chi connectivity index (χ0n) is 9.68. The highest BCUT2D eigenvalue weighted by molar-refractivity contribution is 7.15. The fraction of sp³-hybridized carbons (Fsp3) is 0.455. The quantitative estimate of drug-likeness (QED) is 0.635. The van der Waals surface area contributed by atoms with Gasteiger partial charge in [0.15, 0.2) is 10.9 Å². The van der Waals surface area contributed by atoms with Gasteiger partial charge in [-0.3, -0.25) is 9.39 Å². The molecule has 1 saturated carbocycles. The lowest BCUT2D eigenvalue weighted by Crippen LogP contribution is -2.38. The van der Waals surface area contributed by atoms with Crippen molar-refractivity contribution in [3.63, 3.8) is 0 Å². The molecule has 1 aliphatic carbocycles. The average Bonchev–Trinajstić information content (AvgIpc) is 2.89. The van der Waals surface area contributed by atoms with Crippen LogP contribution in [0.5, 0.6) is 0 Å². The minimum Gasteiger partial charge on any atom is -0.354 e. The first-order valence-electron chi connectivity index (χ1n) is 5.73. The molecule has 0 radical (unpaired) electrons. The molecule has 2 heterocycles. The molecule has 0 atom stereocenters. The third kappa shape index (κ3) is 2.41. The molecule has 0 amide bonds. The van der Waals surface area contributed by atoms with Crippen LogP contribution in [0.1, 0.15) is 18.5 Å². The number of guanidine groups is 1. The number of rotatable bonds is 3. The maximum Gasteiger partial charge on any atom is 0.193 e. The fourth-order valence-corrected chi connectivity index (χ4v) is 2.37. The van der Waals surface area contributed by atoms with E-state index in [-0.39, 0.29) is 0 Å². The summed E-state index contributed by atoms with van der Waals surface area (Å²) in [5, 5.41) is 8.66. The Kier molecular flexibility index (Phi) is 2.72. The molecule has 2 N–H and O–H groups in total. The number of nitrogens with one attached hydrogen (secondary N) is 2. The highest BCUT2D eigenvalue weighted by Crippen LogP contribution is 2.18. The number of aromatic nitrogens is 2. The Balaban J connectivity index is 1.60.